The average Bonchev–Trinajstić information content (AvgIpc) is 2.44. The number of hydrogen-bond donors (Lipinski definition) is 0. The van der Waals surface area contributed by atoms with Crippen LogP contribution >= 0.6 is 0 Å². The summed E-state index contributed by atoms with van der Waals surface area (Å²) in [6.45, 7) is 0.209. The molecule has 0 unspecified atom stereocenters. The van der Waals surface area contributed by atoms with Crippen LogP contribution in [0.1, 0.15) is 11.1 Å². The molecule has 4 heteroatoms. The maximum atomic E-state index is 12.9. The molecular weight excluding hydrogens is 245 g/mol. The molecule has 0 spiro atoms. The maximum absolute atomic E-state index is 12.9. The molecule has 0 N–H and O–H groups in total. The Bertz CT molecular complexity index is 552. The fourth-order valence-corrected chi connectivity index (χ4v) is 1.48. The van der Waals surface area contributed by atoms with Gasteiger partial charge in [0.05, 0.1) is 7.11 Å². The zero-order chi connectivity index (χ0) is 13.5. The normalized spacial score (nSPS) is 10.6. The lowest BCUT2D eigenvalue weighted by atomic mass is 10.2. The van der Waals surface area contributed by atoms with Gasteiger partial charge >= 0.3 is 0 Å². The number of halogens is 1. The number of hydrogen-bond acceptors (Lipinski definition) is 3. The molecule has 0 aliphatic rings. The quantitative estimate of drug-likeness (QED) is 0.608. The van der Waals surface area contributed by atoms with E-state index in [0.29, 0.717) is 0 Å². The Balaban J connectivity index is 1.86. The second-order valence-corrected chi connectivity index (χ2v) is 3.83. The van der Waals surface area contributed by atoms with Crippen molar-refractivity contribution in [1.29, 1.82) is 0 Å². The van der Waals surface area contributed by atoms with Crippen LogP contribution in [0, 0.1) is 5.82 Å². The number of nitrogens with zero attached hydrogens (tertiary/aromatic N) is 1. The summed E-state index contributed by atoms with van der Waals surface area (Å²) in [5.74, 6) is 0.482. The zero-order valence-corrected chi connectivity index (χ0v) is 10.5. The Kier molecular flexibility index (Phi) is 4.50. The lowest BCUT2D eigenvalue weighted by Gasteiger charge is -2.00. The molecule has 0 amide bonds. The topological polar surface area (TPSA) is 30.8 Å². The van der Waals surface area contributed by atoms with Crippen LogP contribution in [-0.4, -0.2) is 13.3 Å². The number of methoxy groups -OCH3 is 1. The lowest BCUT2D eigenvalue weighted by Crippen LogP contribution is -1.89. The highest BCUT2D eigenvalue weighted by atomic mass is 19.1. The van der Waals surface area contributed by atoms with Crippen molar-refractivity contribution in [3.05, 3.63) is 65.5 Å². The fraction of sp³-hybridized carbons (Fsp3) is 0.133. The third-order valence-electron chi connectivity index (χ3n) is 2.45. The molecule has 97 valence electrons. The Morgan fingerprint density at radius 2 is 1.95 bits per heavy atom. The first-order valence-corrected chi connectivity index (χ1v) is 5.74. The first kappa shape index (κ1) is 13.1. The highest BCUT2D eigenvalue weighted by Crippen LogP contribution is 2.10. The first-order chi connectivity index (χ1) is 9.28. The summed E-state index contributed by atoms with van der Waals surface area (Å²) in [6, 6.07) is 13.4. The Hall–Kier alpha value is -2.36. The van der Waals surface area contributed by atoms with Gasteiger partial charge in [0.15, 0.2) is 0 Å². The molecule has 0 heterocycles. The van der Waals surface area contributed by atoms with E-state index in [-0.39, 0.29) is 12.4 Å². The number of ether oxygens (including phenoxy) is 1. The van der Waals surface area contributed by atoms with Crippen molar-refractivity contribution in [2.24, 2.45) is 5.16 Å². The van der Waals surface area contributed by atoms with Gasteiger partial charge in [0.25, 0.3) is 0 Å². The minimum Gasteiger partial charge on any atom is -0.497 e. The van der Waals surface area contributed by atoms with E-state index in [2.05, 4.69) is 11.4 Å². The molecule has 2 aromatic rings. The largest absolute Gasteiger partial charge is 0.497 e. The Labute approximate surface area is 111 Å². The van der Waals surface area contributed by atoms with Gasteiger partial charge in [-0.1, -0.05) is 17.3 Å². The average molecular weight is 258 g/mol. The van der Waals surface area contributed by atoms with Gasteiger partial charge in [0.1, 0.15) is 24.4 Å². The molecule has 19 heavy (non-hydrogen) atoms. The van der Waals surface area contributed by atoms with Crippen molar-refractivity contribution in [2.75, 3.05) is 7.11 Å². The van der Waals surface area contributed by atoms with E-state index in [1.807, 2.05) is 24.3 Å². The second-order valence-electron chi connectivity index (χ2n) is 3.83. The minimum absolute atomic E-state index is 0.209. The van der Waals surface area contributed by atoms with Crippen molar-refractivity contribution in [1.82, 2.24) is 0 Å². The predicted molar refractivity (Wildman–Crippen MR) is 70.7 cm³/mol. The standard InChI is InChI=1S/C15H13FNO2/c1-18-15-7-5-12(6-8-15)10-17-19-11-13-3-2-4-14(16)9-13/h2-9H,11H2,1H3. The van der Waals surface area contributed by atoms with E-state index in [9.17, 15) is 4.39 Å². The van der Waals surface area contributed by atoms with Gasteiger partial charge < -0.3 is 9.57 Å². The maximum Gasteiger partial charge on any atom is 0.142 e. The van der Waals surface area contributed by atoms with Gasteiger partial charge in [0.2, 0.25) is 0 Å². The van der Waals surface area contributed by atoms with E-state index < -0.39 is 0 Å². The highest BCUT2D eigenvalue weighted by Gasteiger charge is 1.95. The smallest absolute Gasteiger partial charge is 0.142 e. The SMILES string of the molecule is COc1ccc(/[C]=N\OCc2cccc(F)c2)cc1. The van der Waals surface area contributed by atoms with E-state index in [0.717, 1.165) is 16.9 Å². The van der Waals surface area contributed by atoms with Gasteiger partial charge in [-0.2, -0.15) is 0 Å². The molecule has 0 atom stereocenters. The number of benzene rings is 2. The lowest BCUT2D eigenvalue weighted by molar-refractivity contribution is 0.132. The van der Waals surface area contributed by atoms with Crippen LogP contribution in [-0.2, 0) is 11.4 Å². The molecule has 0 saturated carbocycles. The van der Waals surface area contributed by atoms with Crippen molar-refractivity contribution in [3.63, 3.8) is 0 Å². The molecular formula is C15H13FNO2. The molecule has 2 aromatic carbocycles. The third-order valence-corrected chi connectivity index (χ3v) is 2.45. The van der Waals surface area contributed by atoms with Crippen LogP contribution in [0.15, 0.2) is 53.7 Å². The fourth-order valence-electron chi connectivity index (χ4n) is 1.48. The van der Waals surface area contributed by atoms with Gasteiger partial charge in [0, 0.05) is 5.56 Å². The zero-order valence-electron chi connectivity index (χ0n) is 10.5. The van der Waals surface area contributed by atoms with E-state index >= 15 is 0 Å². The highest BCUT2D eigenvalue weighted by molar-refractivity contribution is 5.79. The third kappa shape index (κ3) is 4.10. The summed E-state index contributed by atoms with van der Waals surface area (Å²) >= 11 is 0. The van der Waals surface area contributed by atoms with Crippen molar-refractivity contribution in [3.8, 4) is 5.75 Å². The summed E-state index contributed by atoms with van der Waals surface area (Å²) < 4.78 is 17.9. The first-order valence-electron chi connectivity index (χ1n) is 5.74. The molecule has 0 aliphatic carbocycles. The van der Waals surface area contributed by atoms with Crippen LogP contribution in [0.25, 0.3) is 0 Å². The van der Waals surface area contributed by atoms with Crippen LogP contribution in [0.5, 0.6) is 5.75 Å². The molecule has 0 fully saturated rings. The second kappa shape index (κ2) is 6.54. The Morgan fingerprint density at radius 1 is 1.16 bits per heavy atom. The van der Waals surface area contributed by atoms with E-state index in [1.54, 1.807) is 19.2 Å². The molecule has 1 radical (unpaired) electrons. The van der Waals surface area contributed by atoms with Gasteiger partial charge in [-0.15, -0.1) is 0 Å². The molecule has 0 aliphatic heterocycles. The van der Waals surface area contributed by atoms with Crippen molar-refractivity contribution < 1.29 is 14.0 Å². The van der Waals surface area contributed by atoms with Gasteiger partial charge in [-0.05, 0) is 42.0 Å². The van der Waals surface area contributed by atoms with Crippen LogP contribution in [0.2, 0.25) is 0 Å². The minimum atomic E-state index is -0.288. The monoisotopic (exact) mass is 258 g/mol. The summed E-state index contributed by atoms with van der Waals surface area (Å²) in [7, 11) is 1.61. The molecule has 0 bridgehead atoms. The summed E-state index contributed by atoms with van der Waals surface area (Å²) in [5.41, 5.74) is 1.50. The molecule has 0 aromatic heterocycles. The molecule has 2 rings (SSSR count). The number of rotatable bonds is 5. The summed E-state index contributed by atoms with van der Waals surface area (Å²) in [6.07, 6.45) is 2.73. The van der Waals surface area contributed by atoms with Crippen LogP contribution in [0.4, 0.5) is 4.39 Å². The summed E-state index contributed by atoms with van der Waals surface area (Å²) in [5, 5.41) is 3.71. The van der Waals surface area contributed by atoms with Crippen molar-refractivity contribution in [2.45, 2.75) is 6.61 Å². The molecule has 3 nitrogen and oxygen atoms in total. The van der Waals surface area contributed by atoms with Crippen molar-refractivity contribution >= 4 is 6.21 Å². The molecule has 0 saturated heterocycles. The van der Waals surface area contributed by atoms with Crippen LogP contribution in [0.3, 0.4) is 0 Å². The van der Waals surface area contributed by atoms with Gasteiger partial charge in [-0.25, -0.2) is 4.39 Å². The van der Waals surface area contributed by atoms with E-state index in [1.165, 1.54) is 12.1 Å². The Morgan fingerprint density at radius 3 is 2.63 bits per heavy atom. The summed E-state index contributed by atoms with van der Waals surface area (Å²) in [4.78, 5) is 5.05. The van der Waals surface area contributed by atoms with Crippen LogP contribution < -0.4 is 4.74 Å². The van der Waals surface area contributed by atoms with Gasteiger partial charge in [-0.3, -0.25) is 0 Å². The van der Waals surface area contributed by atoms with E-state index in [4.69, 9.17) is 9.57 Å². The predicted octanol–water partition coefficient (Wildman–Crippen LogP) is 3.26.